The average Bonchev–Trinajstić information content (AvgIpc) is 2.34. The third-order valence-corrected chi connectivity index (χ3v) is 3.04. The molecule has 2 aromatic rings. The molecular formula is C13H9Cl3N2. The monoisotopic (exact) mass is 298 g/mol. The largest absolute Gasteiger partial charge is 0.288 e. The molecule has 0 saturated heterocycles. The van der Waals surface area contributed by atoms with Crippen LogP contribution in [0.4, 0.5) is 0 Å². The molecule has 92 valence electrons. The second-order valence-electron chi connectivity index (χ2n) is 3.62. The molecule has 1 aromatic carbocycles. The predicted molar refractivity (Wildman–Crippen MR) is 77.0 cm³/mol. The molecule has 5 heteroatoms. The Morgan fingerprint density at radius 1 is 1.11 bits per heavy atom. The topological polar surface area (TPSA) is 25.2 Å². The lowest BCUT2D eigenvalue weighted by Gasteiger charge is -1.99. The zero-order chi connectivity index (χ0) is 13.0. The molecule has 0 aliphatic rings. The Morgan fingerprint density at radius 3 is 2.61 bits per heavy atom. The van der Waals surface area contributed by atoms with Gasteiger partial charge in [0.25, 0.3) is 0 Å². The van der Waals surface area contributed by atoms with Gasteiger partial charge < -0.3 is 0 Å². The highest BCUT2D eigenvalue weighted by Crippen LogP contribution is 2.19. The number of benzene rings is 1. The van der Waals surface area contributed by atoms with Gasteiger partial charge in [-0.25, -0.2) is 4.98 Å². The predicted octanol–water partition coefficient (Wildman–Crippen LogP) is 4.66. The van der Waals surface area contributed by atoms with Gasteiger partial charge in [-0.3, -0.25) is 4.99 Å². The molecule has 2 rings (SSSR count). The Morgan fingerprint density at radius 2 is 1.94 bits per heavy atom. The Bertz CT molecular complexity index is 565. The number of aliphatic imine (C=N–C) groups is 1. The first-order valence-electron chi connectivity index (χ1n) is 5.20. The van der Waals surface area contributed by atoms with Crippen molar-refractivity contribution in [1.29, 1.82) is 0 Å². The molecule has 1 aromatic heterocycles. The van der Waals surface area contributed by atoms with Crippen molar-refractivity contribution in [1.82, 2.24) is 4.98 Å². The highest BCUT2D eigenvalue weighted by molar-refractivity contribution is 6.36. The summed E-state index contributed by atoms with van der Waals surface area (Å²) in [4.78, 5) is 8.28. The minimum Gasteiger partial charge on any atom is -0.288 e. The molecule has 0 radical (unpaired) electrons. The van der Waals surface area contributed by atoms with Gasteiger partial charge in [0.15, 0.2) is 0 Å². The van der Waals surface area contributed by atoms with E-state index in [1.54, 1.807) is 30.6 Å². The Hall–Kier alpha value is -1.09. The van der Waals surface area contributed by atoms with E-state index >= 15 is 0 Å². The van der Waals surface area contributed by atoms with Crippen LogP contribution in [-0.4, -0.2) is 11.2 Å². The standard InChI is InChI=1S/C13H9Cl3N2/c14-11-3-2-10(12(15)5-11)8-17-6-9-1-4-13(16)18-7-9/h1-5,7-8H,6H2. The normalized spacial score (nSPS) is 11.1. The fourth-order valence-electron chi connectivity index (χ4n) is 1.36. The fourth-order valence-corrected chi connectivity index (χ4v) is 1.92. The zero-order valence-corrected chi connectivity index (χ0v) is 11.5. The fraction of sp³-hybridized carbons (Fsp3) is 0.0769. The van der Waals surface area contributed by atoms with Crippen molar-refractivity contribution in [2.24, 2.45) is 4.99 Å². The van der Waals surface area contributed by atoms with Crippen LogP contribution in [0.15, 0.2) is 41.5 Å². The number of hydrogen-bond acceptors (Lipinski definition) is 2. The lowest BCUT2D eigenvalue weighted by Crippen LogP contribution is -1.87. The van der Waals surface area contributed by atoms with Crippen molar-refractivity contribution < 1.29 is 0 Å². The first-order valence-corrected chi connectivity index (χ1v) is 6.34. The average molecular weight is 300 g/mol. The van der Waals surface area contributed by atoms with E-state index in [0.717, 1.165) is 11.1 Å². The summed E-state index contributed by atoms with van der Waals surface area (Å²) in [6, 6.07) is 8.92. The Kier molecular flexibility index (Phi) is 4.59. The maximum Gasteiger partial charge on any atom is 0.129 e. The smallest absolute Gasteiger partial charge is 0.129 e. The second-order valence-corrected chi connectivity index (χ2v) is 4.86. The van der Waals surface area contributed by atoms with Gasteiger partial charge in [-0.15, -0.1) is 0 Å². The van der Waals surface area contributed by atoms with Crippen LogP contribution in [0.25, 0.3) is 0 Å². The van der Waals surface area contributed by atoms with Crippen molar-refractivity contribution in [2.75, 3.05) is 0 Å². The van der Waals surface area contributed by atoms with Crippen LogP contribution < -0.4 is 0 Å². The minimum atomic E-state index is 0.475. The van der Waals surface area contributed by atoms with Crippen molar-refractivity contribution in [3.8, 4) is 0 Å². The number of halogens is 3. The SMILES string of the molecule is Clc1ccc(C=NCc2ccc(Cl)nc2)c(Cl)c1. The van der Waals surface area contributed by atoms with Crippen molar-refractivity contribution in [2.45, 2.75) is 6.54 Å². The second kappa shape index (κ2) is 6.19. The molecule has 2 nitrogen and oxygen atoms in total. The summed E-state index contributed by atoms with van der Waals surface area (Å²) in [7, 11) is 0. The van der Waals surface area contributed by atoms with Crippen molar-refractivity contribution in [3.63, 3.8) is 0 Å². The Labute approximate surface area is 120 Å². The van der Waals surface area contributed by atoms with E-state index < -0.39 is 0 Å². The van der Waals surface area contributed by atoms with Crippen LogP contribution >= 0.6 is 34.8 Å². The lowest BCUT2D eigenvalue weighted by atomic mass is 10.2. The van der Waals surface area contributed by atoms with E-state index in [9.17, 15) is 0 Å². The molecule has 0 spiro atoms. The van der Waals surface area contributed by atoms with Crippen LogP contribution in [0.5, 0.6) is 0 Å². The van der Waals surface area contributed by atoms with E-state index in [2.05, 4.69) is 9.98 Å². The molecule has 0 aliphatic heterocycles. The van der Waals surface area contributed by atoms with Crippen molar-refractivity contribution >= 4 is 41.0 Å². The molecule has 0 atom stereocenters. The molecule has 0 fully saturated rings. The van der Waals surface area contributed by atoms with Gasteiger partial charge in [-0.05, 0) is 23.8 Å². The highest BCUT2D eigenvalue weighted by Gasteiger charge is 1.98. The van der Waals surface area contributed by atoms with Crippen LogP contribution in [0, 0.1) is 0 Å². The summed E-state index contributed by atoms with van der Waals surface area (Å²) < 4.78 is 0. The molecule has 0 bridgehead atoms. The highest BCUT2D eigenvalue weighted by atomic mass is 35.5. The van der Waals surface area contributed by atoms with E-state index in [4.69, 9.17) is 34.8 Å². The molecule has 18 heavy (non-hydrogen) atoms. The van der Waals surface area contributed by atoms with E-state index in [0.29, 0.717) is 21.7 Å². The summed E-state index contributed by atoms with van der Waals surface area (Å²) in [5.41, 5.74) is 1.82. The van der Waals surface area contributed by atoms with Crippen LogP contribution in [0.2, 0.25) is 15.2 Å². The van der Waals surface area contributed by atoms with Crippen LogP contribution in [-0.2, 0) is 6.54 Å². The maximum atomic E-state index is 6.03. The van der Waals surface area contributed by atoms with Gasteiger partial charge in [0.05, 0.1) is 11.6 Å². The van der Waals surface area contributed by atoms with Gasteiger partial charge in [0.1, 0.15) is 5.15 Å². The van der Waals surface area contributed by atoms with Crippen molar-refractivity contribution in [3.05, 3.63) is 62.9 Å². The van der Waals surface area contributed by atoms with E-state index in [1.807, 2.05) is 12.1 Å². The molecule has 1 heterocycles. The van der Waals surface area contributed by atoms with Gasteiger partial charge in [0.2, 0.25) is 0 Å². The minimum absolute atomic E-state index is 0.475. The number of rotatable bonds is 3. The first kappa shape index (κ1) is 13.3. The molecule has 0 unspecified atom stereocenters. The quantitative estimate of drug-likeness (QED) is 0.597. The number of nitrogens with zero attached hydrogens (tertiary/aromatic N) is 2. The number of aromatic nitrogens is 1. The molecular weight excluding hydrogens is 291 g/mol. The summed E-state index contributed by atoms with van der Waals surface area (Å²) in [5, 5.41) is 1.67. The molecule has 0 aliphatic carbocycles. The van der Waals surface area contributed by atoms with Crippen LogP contribution in [0.1, 0.15) is 11.1 Å². The number of hydrogen-bond donors (Lipinski definition) is 0. The Balaban J connectivity index is 2.05. The molecule has 0 N–H and O–H groups in total. The van der Waals surface area contributed by atoms with Gasteiger partial charge in [-0.2, -0.15) is 0 Å². The summed E-state index contributed by atoms with van der Waals surface area (Å²) in [6.07, 6.45) is 3.41. The van der Waals surface area contributed by atoms with Gasteiger partial charge in [-0.1, -0.05) is 46.9 Å². The lowest BCUT2D eigenvalue weighted by molar-refractivity contribution is 1.05. The molecule has 0 saturated carbocycles. The maximum absolute atomic E-state index is 6.03. The van der Waals surface area contributed by atoms with Crippen LogP contribution in [0.3, 0.4) is 0 Å². The third-order valence-electron chi connectivity index (χ3n) is 2.26. The third kappa shape index (κ3) is 3.70. The first-order chi connectivity index (χ1) is 8.65. The van der Waals surface area contributed by atoms with Gasteiger partial charge in [0, 0.05) is 23.0 Å². The van der Waals surface area contributed by atoms with E-state index in [-0.39, 0.29) is 0 Å². The van der Waals surface area contributed by atoms with E-state index in [1.165, 1.54) is 0 Å². The number of pyridine rings is 1. The summed E-state index contributed by atoms with van der Waals surface area (Å²) in [5.74, 6) is 0. The summed E-state index contributed by atoms with van der Waals surface area (Å²) >= 11 is 17.5. The summed E-state index contributed by atoms with van der Waals surface area (Å²) in [6.45, 7) is 0.531. The molecule has 0 amide bonds. The zero-order valence-electron chi connectivity index (χ0n) is 9.28. The van der Waals surface area contributed by atoms with Gasteiger partial charge >= 0.3 is 0 Å².